The molecule has 4 aromatic carbocycles. The van der Waals surface area contributed by atoms with E-state index < -0.39 is 0 Å². The van der Waals surface area contributed by atoms with Gasteiger partial charge in [-0.05, 0) is 69.6 Å². The first-order chi connectivity index (χ1) is 14.2. The Morgan fingerprint density at radius 2 is 1.24 bits per heavy atom. The zero-order valence-electron chi connectivity index (χ0n) is 16.7. The van der Waals surface area contributed by atoms with Crippen molar-refractivity contribution in [3.05, 3.63) is 119 Å². The molecular weight excluding hydrogens is 352 g/mol. The van der Waals surface area contributed by atoms with E-state index in [1.807, 2.05) is 12.1 Å². The van der Waals surface area contributed by atoms with Gasteiger partial charge in [-0.15, -0.1) is 0 Å². The van der Waals surface area contributed by atoms with Gasteiger partial charge in [-0.1, -0.05) is 78.9 Å². The highest BCUT2D eigenvalue weighted by Gasteiger charge is 2.12. The zero-order chi connectivity index (χ0) is 20.2. The fraction of sp³-hybridized carbons (Fsp3) is 0.111. The number of hydrogen-bond acceptors (Lipinski definition) is 2. The summed E-state index contributed by atoms with van der Waals surface area (Å²) in [6.45, 7) is 2.66. The van der Waals surface area contributed by atoms with E-state index in [1.54, 1.807) is 0 Å². The quantitative estimate of drug-likeness (QED) is 0.459. The Balaban J connectivity index is 1.69. The van der Waals surface area contributed by atoms with Gasteiger partial charge in [0.05, 0.1) is 6.04 Å². The molecular formula is C27H26N2. The Morgan fingerprint density at radius 3 is 1.93 bits per heavy atom. The molecule has 2 nitrogen and oxygen atoms in total. The third kappa shape index (κ3) is 4.14. The summed E-state index contributed by atoms with van der Waals surface area (Å²) in [6.07, 6.45) is 0. The lowest BCUT2D eigenvalue weighted by molar-refractivity contribution is 0.862. The molecule has 0 radical (unpaired) electrons. The molecule has 4 aromatic rings. The summed E-state index contributed by atoms with van der Waals surface area (Å²) >= 11 is 0. The first kappa shape index (κ1) is 19.1. The second-order valence-corrected chi connectivity index (χ2v) is 7.45. The summed E-state index contributed by atoms with van der Waals surface area (Å²) in [7, 11) is 0. The molecule has 4 rings (SSSR count). The number of hydrogen-bond donors (Lipinski definition) is 2. The molecule has 0 aliphatic carbocycles. The molecule has 0 spiro atoms. The molecule has 29 heavy (non-hydrogen) atoms. The Morgan fingerprint density at radius 1 is 0.655 bits per heavy atom. The van der Waals surface area contributed by atoms with Gasteiger partial charge in [0.25, 0.3) is 0 Å². The predicted octanol–water partition coefficient (Wildman–Crippen LogP) is 5.84. The van der Waals surface area contributed by atoms with E-state index in [4.69, 9.17) is 11.5 Å². The first-order valence-electron chi connectivity index (χ1n) is 9.96. The van der Waals surface area contributed by atoms with Gasteiger partial charge >= 0.3 is 0 Å². The number of rotatable bonds is 5. The Hall–Kier alpha value is -3.20. The lowest BCUT2D eigenvalue weighted by Gasteiger charge is -2.16. The van der Waals surface area contributed by atoms with Crippen LogP contribution in [0.15, 0.2) is 97.1 Å². The van der Waals surface area contributed by atoms with Crippen molar-refractivity contribution in [2.24, 2.45) is 11.5 Å². The summed E-state index contributed by atoms with van der Waals surface area (Å²) in [6, 6.07) is 33.7. The van der Waals surface area contributed by atoms with Gasteiger partial charge in [0.2, 0.25) is 0 Å². The number of benzene rings is 4. The van der Waals surface area contributed by atoms with Crippen LogP contribution in [0.5, 0.6) is 0 Å². The summed E-state index contributed by atoms with van der Waals surface area (Å²) in [5.41, 5.74) is 21.8. The Bertz CT molecular complexity index is 1130. The van der Waals surface area contributed by atoms with E-state index in [1.165, 1.54) is 27.8 Å². The van der Waals surface area contributed by atoms with E-state index in [2.05, 4.69) is 91.9 Å². The van der Waals surface area contributed by atoms with Crippen molar-refractivity contribution in [1.82, 2.24) is 0 Å². The monoisotopic (exact) mass is 378 g/mol. The molecule has 0 bridgehead atoms. The highest BCUT2D eigenvalue weighted by atomic mass is 14.6. The summed E-state index contributed by atoms with van der Waals surface area (Å²) in [5.74, 6) is 0. The second kappa shape index (κ2) is 8.44. The van der Waals surface area contributed by atoms with Crippen LogP contribution in [-0.4, -0.2) is 0 Å². The third-order valence-electron chi connectivity index (χ3n) is 5.46. The standard InChI is InChI=1S/C27H26N2/c1-19-7-2-3-14-26(19)27(29)25-13-6-12-24(17-25)23-11-5-10-22(16-23)21-9-4-8-20(15-21)18-28/h2-17,27H,18,28-29H2,1H3. The lowest BCUT2D eigenvalue weighted by atomic mass is 9.92. The molecule has 4 N–H and O–H groups in total. The van der Waals surface area contributed by atoms with Crippen LogP contribution in [0.1, 0.15) is 28.3 Å². The minimum Gasteiger partial charge on any atom is -0.326 e. The van der Waals surface area contributed by atoms with Gasteiger partial charge < -0.3 is 11.5 Å². The van der Waals surface area contributed by atoms with Crippen LogP contribution in [0.4, 0.5) is 0 Å². The SMILES string of the molecule is Cc1ccccc1C(N)c1cccc(-c2cccc(-c3cccc(CN)c3)c2)c1. The van der Waals surface area contributed by atoms with Gasteiger partial charge in [0.15, 0.2) is 0 Å². The molecule has 0 fully saturated rings. The van der Waals surface area contributed by atoms with Gasteiger partial charge in [-0.3, -0.25) is 0 Å². The van der Waals surface area contributed by atoms with Crippen molar-refractivity contribution >= 4 is 0 Å². The van der Waals surface area contributed by atoms with Crippen molar-refractivity contribution in [2.45, 2.75) is 19.5 Å². The highest BCUT2D eigenvalue weighted by molar-refractivity contribution is 5.73. The molecule has 0 amide bonds. The molecule has 1 atom stereocenters. The normalized spacial score (nSPS) is 12.0. The van der Waals surface area contributed by atoms with E-state index in [0.717, 1.165) is 16.7 Å². The highest BCUT2D eigenvalue weighted by Crippen LogP contribution is 2.30. The maximum atomic E-state index is 6.61. The topological polar surface area (TPSA) is 52.0 Å². The van der Waals surface area contributed by atoms with E-state index in [-0.39, 0.29) is 6.04 Å². The van der Waals surface area contributed by atoms with Crippen molar-refractivity contribution < 1.29 is 0 Å². The summed E-state index contributed by atoms with van der Waals surface area (Å²) in [4.78, 5) is 0. The fourth-order valence-electron chi connectivity index (χ4n) is 3.78. The van der Waals surface area contributed by atoms with Crippen molar-refractivity contribution in [3.8, 4) is 22.3 Å². The van der Waals surface area contributed by atoms with Gasteiger partial charge in [0.1, 0.15) is 0 Å². The number of aryl methyl sites for hydroxylation is 1. The molecule has 144 valence electrons. The van der Waals surface area contributed by atoms with Crippen LogP contribution in [-0.2, 0) is 6.54 Å². The van der Waals surface area contributed by atoms with Crippen LogP contribution in [0, 0.1) is 6.92 Å². The largest absolute Gasteiger partial charge is 0.326 e. The molecule has 0 saturated carbocycles. The summed E-state index contributed by atoms with van der Waals surface area (Å²) in [5, 5.41) is 0. The van der Waals surface area contributed by atoms with Crippen LogP contribution >= 0.6 is 0 Å². The van der Waals surface area contributed by atoms with E-state index in [0.29, 0.717) is 6.54 Å². The Labute approximate surface area is 172 Å². The van der Waals surface area contributed by atoms with Gasteiger partial charge in [-0.2, -0.15) is 0 Å². The number of nitrogens with two attached hydrogens (primary N) is 2. The third-order valence-corrected chi connectivity index (χ3v) is 5.46. The minimum atomic E-state index is -0.138. The molecule has 0 aliphatic heterocycles. The average molecular weight is 379 g/mol. The van der Waals surface area contributed by atoms with E-state index >= 15 is 0 Å². The Kier molecular flexibility index (Phi) is 5.57. The van der Waals surface area contributed by atoms with Crippen molar-refractivity contribution in [1.29, 1.82) is 0 Å². The van der Waals surface area contributed by atoms with E-state index in [9.17, 15) is 0 Å². The second-order valence-electron chi connectivity index (χ2n) is 7.45. The minimum absolute atomic E-state index is 0.138. The molecule has 2 heteroatoms. The van der Waals surface area contributed by atoms with Crippen LogP contribution in [0.2, 0.25) is 0 Å². The first-order valence-corrected chi connectivity index (χ1v) is 9.96. The van der Waals surface area contributed by atoms with Gasteiger partial charge in [0, 0.05) is 6.54 Å². The fourth-order valence-corrected chi connectivity index (χ4v) is 3.78. The van der Waals surface area contributed by atoms with Crippen LogP contribution in [0.3, 0.4) is 0 Å². The van der Waals surface area contributed by atoms with Crippen LogP contribution in [0.25, 0.3) is 22.3 Å². The molecule has 0 aliphatic rings. The molecule has 0 saturated heterocycles. The van der Waals surface area contributed by atoms with Crippen molar-refractivity contribution in [2.75, 3.05) is 0 Å². The van der Waals surface area contributed by atoms with Gasteiger partial charge in [-0.25, -0.2) is 0 Å². The smallest absolute Gasteiger partial charge is 0.0554 e. The average Bonchev–Trinajstić information content (AvgIpc) is 2.79. The van der Waals surface area contributed by atoms with Crippen molar-refractivity contribution in [3.63, 3.8) is 0 Å². The molecule has 0 heterocycles. The molecule has 0 aromatic heterocycles. The maximum absolute atomic E-state index is 6.61. The zero-order valence-corrected chi connectivity index (χ0v) is 16.7. The van der Waals surface area contributed by atoms with Crippen LogP contribution < -0.4 is 11.5 Å². The predicted molar refractivity (Wildman–Crippen MR) is 122 cm³/mol. The summed E-state index contributed by atoms with van der Waals surface area (Å²) < 4.78 is 0. The maximum Gasteiger partial charge on any atom is 0.0554 e. The lowest BCUT2D eigenvalue weighted by Crippen LogP contribution is -2.13. The molecule has 1 unspecified atom stereocenters.